The molecule has 1 fully saturated rings. The van der Waals surface area contributed by atoms with Crippen molar-refractivity contribution in [1.82, 2.24) is 5.32 Å². The van der Waals surface area contributed by atoms with Crippen LogP contribution in [0.25, 0.3) is 0 Å². The van der Waals surface area contributed by atoms with Gasteiger partial charge in [-0.05, 0) is 24.5 Å². The Morgan fingerprint density at radius 3 is 2.82 bits per heavy atom. The Morgan fingerprint density at radius 1 is 1.53 bits per heavy atom. The number of hydrogen-bond acceptors (Lipinski definition) is 4. The largest absolute Gasteiger partial charge is 0.490 e. The van der Waals surface area contributed by atoms with Crippen LogP contribution in [0.15, 0.2) is 18.2 Å². The van der Waals surface area contributed by atoms with E-state index in [0.29, 0.717) is 18.3 Å². The molecule has 1 aromatic rings. The zero-order valence-corrected chi connectivity index (χ0v) is 9.81. The lowest BCUT2D eigenvalue weighted by Crippen LogP contribution is -2.34. The average Bonchev–Trinajstić information content (AvgIpc) is 2.26. The van der Waals surface area contributed by atoms with E-state index in [2.05, 4.69) is 5.32 Å². The van der Waals surface area contributed by atoms with Gasteiger partial charge in [0.05, 0.1) is 12.0 Å². The minimum absolute atomic E-state index is 0.0282. The molecular formula is C12H16N2O3. The molecule has 0 heterocycles. The number of nitrogens with zero attached hydrogens (tertiary/aromatic N) is 1. The van der Waals surface area contributed by atoms with Crippen LogP contribution in [0.4, 0.5) is 5.69 Å². The van der Waals surface area contributed by atoms with Gasteiger partial charge in [-0.25, -0.2) is 0 Å². The van der Waals surface area contributed by atoms with Crippen LogP contribution in [-0.4, -0.2) is 18.1 Å². The van der Waals surface area contributed by atoms with Crippen LogP contribution in [0.2, 0.25) is 0 Å². The summed E-state index contributed by atoms with van der Waals surface area (Å²) in [5.74, 6) is 0.308. The lowest BCUT2D eigenvalue weighted by Gasteiger charge is -2.26. The van der Waals surface area contributed by atoms with Crippen LogP contribution in [0.1, 0.15) is 24.8 Å². The molecule has 1 aliphatic carbocycles. The number of nitrogens with one attached hydrogen (secondary N) is 1. The minimum atomic E-state index is -0.411. The van der Waals surface area contributed by atoms with Gasteiger partial charge in [0.1, 0.15) is 0 Å². The summed E-state index contributed by atoms with van der Waals surface area (Å²) >= 11 is 0. The van der Waals surface area contributed by atoms with E-state index >= 15 is 0 Å². The topological polar surface area (TPSA) is 64.4 Å². The molecule has 0 unspecified atom stereocenters. The van der Waals surface area contributed by atoms with E-state index in [1.807, 2.05) is 6.07 Å². The molecule has 0 aromatic heterocycles. The van der Waals surface area contributed by atoms with Crippen LogP contribution in [0.3, 0.4) is 0 Å². The fraction of sp³-hybridized carbons (Fsp3) is 0.500. The van der Waals surface area contributed by atoms with E-state index in [1.165, 1.54) is 26.4 Å². The fourth-order valence-corrected chi connectivity index (χ4v) is 1.86. The Morgan fingerprint density at radius 2 is 2.29 bits per heavy atom. The molecule has 2 rings (SSSR count). The highest BCUT2D eigenvalue weighted by atomic mass is 16.6. The molecule has 0 aliphatic heterocycles. The molecule has 92 valence electrons. The third kappa shape index (κ3) is 2.74. The molecule has 5 nitrogen and oxygen atoms in total. The summed E-state index contributed by atoms with van der Waals surface area (Å²) in [4.78, 5) is 10.4. The van der Waals surface area contributed by atoms with E-state index in [-0.39, 0.29) is 5.69 Å². The zero-order valence-electron chi connectivity index (χ0n) is 9.81. The van der Waals surface area contributed by atoms with Gasteiger partial charge in [-0.1, -0.05) is 12.5 Å². The van der Waals surface area contributed by atoms with Crippen LogP contribution >= 0.6 is 0 Å². The first kappa shape index (κ1) is 11.9. The van der Waals surface area contributed by atoms with Crippen molar-refractivity contribution in [2.45, 2.75) is 31.8 Å². The predicted octanol–water partition coefficient (Wildman–Crippen LogP) is 2.25. The lowest BCUT2D eigenvalue weighted by molar-refractivity contribution is -0.385. The highest BCUT2D eigenvalue weighted by Gasteiger charge is 2.18. The number of hydrogen-bond donors (Lipinski definition) is 1. The Labute approximate surface area is 99.9 Å². The standard InChI is InChI=1S/C12H16N2O3/c1-17-12-6-5-9(7-11(12)14(15)16)8-13-10-3-2-4-10/h5-7,10,13H,2-4,8H2,1H3. The summed E-state index contributed by atoms with van der Waals surface area (Å²) in [5.41, 5.74) is 0.949. The Balaban J connectivity index is 2.06. The third-order valence-corrected chi connectivity index (χ3v) is 3.14. The van der Waals surface area contributed by atoms with Gasteiger partial charge in [0.25, 0.3) is 0 Å². The molecule has 0 saturated heterocycles. The van der Waals surface area contributed by atoms with Crippen molar-refractivity contribution in [2.75, 3.05) is 7.11 Å². The lowest BCUT2D eigenvalue weighted by atomic mass is 9.93. The van der Waals surface area contributed by atoms with Crippen molar-refractivity contribution in [3.63, 3.8) is 0 Å². The molecular weight excluding hydrogens is 220 g/mol. The normalized spacial score (nSPS) is 15.4. The minimum Gasteiger partial charge on any atom is -0.490 e. The van der Waals surface area contributed by atoms with Gasteiger partial charge in [-0.15, -0.1) is 0 Å². The molecule has 1 saturated carbocycles. The Kier molecular flexibility index (Phi) is 3.58. The second-order valence-corrected chi connectivity index (χ2v) is 4.27. The van der Waals surface area contributed by atoms with Gasteiger partial charge in [0, 0.05) is 18.7 Å². The molecule has 0 bridgehead atoms. The molecule has 0 amide bonds. The van der Waals surface area contributed by atoms with E-state index < -0.39 is 4.92 Å². The Hall–Kier alpha value is -1.62. The highest BCUT2D eigenvalue weighted by molar-refractivity contribution is 5.48. The number of methoxy groups -OCH3 is 1. The SMILES string of the molecule is COc1ccc(CNC2CCC2)cc1[N+](=O)[O-]. The molecule has 5 heteroatoms. The van der Waals surface area contributed by atoms with E-state index in [9.17, 15) is 10.1 Å². The molecule has 17 heavy (non-hydrogen) atoms. The third-order valence-electron chi connectivity index (χ3n) is 3.14. The fourth-order valence-electron chi connectivity index (χ4n) is 1.86. The van der Waals surface area contributed by atoms with Crippen LogP contribution in [0, 0.1) is 10.1 Å². The molecule has 1 N–H and O–H groups in total. The van der Waals surface area contributed by atoms with Crippen molar-refractivity contribution >= 4 is 5.69 Å². The first-order valence-corrected chi connectivity index (χ1v) is 5.75. The quantitative estimate of drug-likeness (QED) is 0.629. The molecule has 0 atom stereocenters. The van der Waals surface area contributed by atoms with Crippen molar-refractivity contribution in [1.29, 1.82) is 0 Å². The van der Waals surface area contributed by atoms with E-state index in [1.54, 1.807) is 12.1 Å². The van der Waals surface area contributed by atoms with Gasteiger partial charge in [0.2, 0.25) is 0 Å². The first-order chi connectivity index (χ1) is 8.20. The summed E-state index contributed by atoms with van der Waals surface area (Å²) in [6.07, 6.45) is 3.69. The summed E-state index contributed by atoms with van der Waals surface area (Å²) in [6.45, 7) is 0.676. The maximum atomic E-state index is 10.8. The summed E-state index contributed by atoms with van der Waals surface area (Å²) in [7, 11) is 1.44. The van der Waals surface area contributed by atoms with Gasteiger partial charge in [-0.3, -0.25) is 10.1 Å². The maximum Gasteiger partial charge on any atom is 0.311 e. The van der Waals surface area contributed by atoms with Crippen LogP contribution < -0.4 is 10.1 Å². The number of ether oxygens (including phenoxy) is 1. The maximum absolute atomic E-state index is 10.8. The van der Waals surface area contributed by atoms with Gasteiger partial charge < -0.3 is 10.1 Å². The van der Waals surface area contributed by atoms with Crippen LogP contribution in [-0.2, 0) is 6.54 Å². The number of benzene rings is 1. The first-order valence-electron chi connectivity index (χ1n) is 5.75. The van der Waals surface area contributed by atoms with Gasteiger partial charge >= 0.3 is 5.69 Å². The van der Waals surface area contributed by atoms with Gasteiger partial charge in [-0.2, -0.15) is 0 Å². The highest BCUT2D eigenvalue weighted by Crippen LogP contribution is 2.27. The summed E-state index contributed by atoms with van der Waals surface area (Å²) in [5, 5.41) is 14.2. The van der Waals surface area contributed by atoms with Crippen molar-refractivity contribution < 1.29 is 9.66 Å². The molecule has 1 aromatic carbocycles. The van der Waals surface area contributed by atoms with Crippen molar-refractivity contribution in [3.05, 3.63) is 33.9 Å². The smallest absolute Gasteiger partial charge is 0.311 e. The summed E-state index contributed by atoms with van der Waals surface area (Å²) in [6, 6.07) is 5.66. The number of nitro groups is 1. The monoisotopic (exact) mass is 236 g/mol. The average molecular weight is 236 g/mol. The van der Waals surface area contributed by atoms with E-state index in [4.69, 9.17) is 4.74 Å². The second-order valence-electron chi connectivity index (χ2n) is 4.27. The van der Waals surface area contributed by atoms with E-state index in [0.717, 1.165) is 5.56 Å². The number of nitro benzene ring substituents is 1. The molecule has 0 radical (unpaired) electrons. The second kappa shape index (κ2) is 5.14. The summed E-state index contributed by atoms with van der Waals surface area (Å²) < 4.78 is 4.96. The Bertz CT molecular complexity index is 416. The predicted molar refractivity (Wildman–Crippen MR) is 64.1 cm³/mol. The van der Waals surface area contributed by atoms with Crippen molar-refractivity contribution in [3.8, 4) is 5.75 Å². The molecule has 1 aliphatic rings. The van der Waals surface area contributed by atoms with Gasteiger partial charge in [0.15, 0.2) is 5.75 Å². The molecule has 0 spiro atoms. The zero-order chi connectivity index (χ0) is 12.3. The van der Waals surface area contributed by atoms with Crippen LogP contribution in [0.5, 0.6) is 5.75 Å². The van der Waals surface area contributed by atoms with Crippen molar-refractivity contribution in [2.24, 2.45) is 0 Å². The number of rotatable bonds is 5.